The van der Waals surface area contributed by atoms with E-state index in [0.29, 0.717) is 13.0 Å². The smallest absolute Gasteiger partial charge is 0.159 e. The number of allylic oxidation sites excluding steroid dienone is 1. The van der Waals surface area contributed by atoms with Gasteiger partial charge in [0.2, 0.25) is 0 Å². The lowest BCUT2D eigenvalue weighted by molar-refractivity contribution is -0.114. The van der Waals surface area contributed by atoms with E-state index in [4.69, 9.17) is 4.74 Å². The molecule has 1 aliphatic heterocycles. The zero-order valence-electron chi connectivity index (χ0n) is 10.8. The molecule has 2 aromatic carbocycles. The summed E-state index contributed by atoms with van der Waals surface area (Å²) in [5.41, 5.74) is 1.96. The van der Waals surface area contributed by atoms with Crippen LogP contribution in [0.25, 0.3) is 16.5 Å². The second-order valence-corrected chi connectivity index (χ2v) is 4.63. The van der Waals surface area contributed by atoms with Gasteiger partial charge in [-0.15, -0.1) is 0 Å². The SMILES string of the molecule is COc1ccc2cc(C3=CC(=O)CCN3)ccc2c1. The van der Waals surface area contributed by atoms with Gasteiger partial charge in [-0.05, 0) is 34.5 Å². The van der Waals surface area contributed by atoms with Crippen LogP contribution in [0.2, 0.25) is 0 Å². The van der Waals surface area contributed by atoms with Crippen molar-refractivity contribution in [3.05, 3.63) is 48.0 Å². The van der Waals surface area contributed by atoms with E-state index in [1.165, 1.54) is 0 Å². The number of fused-ring (bicyclic) bond motifs is 1. The zero-order valence-corrected chi connectivity index (χ0v) is 10.8. The molecule has 0 atom stereocenters. The fourth-order valence-corrected chi connectivity index (χ4v) is 2.31. The molecule has 0 aromatic heterocycles. The van der Waals surface area contributed by atoms with Crippen LogP contribution in [0.3, 0.4) is 0 Å². The third-order valence-electron chi connectivity index (χ3n) is 3.35. The van der Waals surface area contributed by atoms with Gasteiger partial charge in [0.1, 0.15) is 5.75 Å². The number of nitrogens with one attached hydrogen (secondary N) is 1. The molecule has 0 saturated carbocycles. The summed E-state index contributed by atoms with van der Waals surface area (Å²) in [7, 11) is 1.66. The molecule has 3 heteroatoms. The molecule has 1 heterocycles. The van der Waals surface area contributed by atoms with Crippen molar-refractivity contribution in [1.82, 2.24) is 5.32 Å². The van der Waals surface area contributed by atoms with Crippen molar-refractivity contribution in [2.45, 2.75) is 6.42 Å². The first-order chi connectivity index (χ1) is 9.26. The van der Waals surface area contributed by atoms with E-state index >= 15 is 0 Å². The number of ether oxygens (including phenoxy) is 1. The van der Waals surface area contributed by atoms with Crippen molar-refractivity contribution < 1.29 is 9.53 Å². The monoisotopic (exact) mass is 253 g/mol. The van der Waals surface area contributed by atoms with E-state index < -0.39 is 0 Å². The van der Waals surface area contributed by atoms with Crippen molar-refractivity contribution in [3.63, 3.8) is 0 Å². The number of rotatable bonds is 2. The number of hydrogen-bond donors (Lipinski definition) is 1. The van der Waals surface area contributed by atoms with Crippen LogP contribution in [-0.4, -0.2) is 19.4 Å². The van der Waals surface area contributed by atoms with Gasteiger partial charge >= 0.3 is 0 Å². The zero-order chi connectivity index (χ0) is 13.2. The lowest BCUT2D eigenvalue weighted by Crippen LogP contribution is -2.22. The fourth-order valence-electron chi connectivity index (χ4n) is 2.31. The summed E-state index contributed by atoms with van der Waals surface area (Å²) >= 11 is 0. The van der Waals surface area contributed by atoms with Crippen molar-refractivity contribution in [2.24, 2.45) is 0 Å². The Balaban J connectivity index is 2.04. The molecule has 1 aliphatic rings. The molecule has 3 rings (SSSR count). The largest absolute Gasteiger partial charge is 0.497 e. The Morgan fingerprint density at radius 3 is 2.68 bits per heavy atom. The third-order valence-corrected chi connectivity index (χ3v) is 3.35. The van der Waals surface area contributed by atoms with Crippen molar-refractivity contribution >= 4 is 22.3 Å². The van der Waals surface area contributed by atoms with Crippen LogP contribution in [0.4, 0.5) is 0 Å². The highest BCUT2D eigenvalue weighted by Crippen LogP contribution is 2.24. The Morgan fingerprint density at radius 1 is 1.11 bits per heavy atom. The third kappa shape index (κ3) is 2.32. The molecule has 0 fully saturated rings. The minimum absolute atomic E-state index is 0.184. The highest BCUT2D eigenvalue weighted by Gasteiger charge is 2.11. The number of carbonyl (C=O) groups excluding carboxylic acids is 1. The quantitative estimate of drug-likeness (QED) is 0.894. The number of hydrogen-bond acceptors (Lipinski definition) is 3. The number of ketones is 1. The molecule has 0 saturated heterocycles. The van der Waals surface area contributed by atoms with Crippen LogP contribution in [0.1, 0.15) is 12.0 Å². The Labute approximate surface area is 111 Å². The summed E-state index contributed by atoms with van der Waals surface area (Å²) in [6.45, 7) is 0.714. The Hall–Kier alpha value is -2.29. The van der Waals surface area contributed by atoms with Gasteiger partial charge in [-0.3, -0.25) is 4.79 Å². The molecule has 2 aromatic rings. The maximum absolute atomic E-state index is 11.5. The standard InChI is InChI=1S/C16H15NO2/c1-19-15-5-4-11-8-13(3-2-12(11)9-15)16-10-14(18)6-7-17-16/h2-5,8-10,17H,6-7H2,1H3. The average molecular weight is 253 g/mol. The Bertz CT molecular complexity index is 674. The van der Waals surface area contributed by atoms with Crippen LogP contribution in [0, 0.1) is 0 Å². The Morgan fingerprint density at radius 2 is 1.89 bits per heavy atom. The van der Waals surface area contributed by atoms with Gasteiger partial charge in [-0.1, -0.05) is 18.2 Å². The molecule has 0 amide bonds. The molecular weight excluding hydrogens is 238 g/mol. The second kappa shape index (κ2) is 4.76. The van der Waals surface area contributed by atoms with Gasteiger partial charge in [0.05, 0.1) is 7.11 Å². The van der Waals surface area contributed by atoms with Crippen molar-refractivity contribution in [2.75, 3.05) is 13.7 Å². The summed E-state index contributed by atoms with van der Waals surface area (Å²) in [5, 5.41) is 5.54. The molecule has 96 valence electrons. The van der Waals surface area contributed by atoms with Crippen LogP contribution in [0.15, 0.2) is 42.5 Å². The fraction of sp³-hybridized carbons (Fsp3) is 0.188. The molecule has 3 nitrogen and oxygen atoms in total. The molecule has 0 aliphatic carbocycles. The summed E-state index contributed by atoms with van der Waals surface area (Å²) in [5.74, 6) is 1.04. The number of carbonyl (C=O) groups is 1. The first-order valence-electron chi connectivity index (χ1n) is 6.33. The number of methoxy groups -OCH3 is 1. The highest BCUT2D eigenvalue weighted by atomic mass is 16.5. The molecular formula is C16H15NO2. The first-order valence-corrected chi connectivity index (χ1v) is 6.33. The van der Waals surface area contributed by atoms with Crippen LogP contribution in [0.5, 0.6) is 5.75 Å². The Kier molecular flexibility index (Phi) is 2.95. The molecule has 0 bridgehead atoms. The van der Waals surface area contributed by atoms with Gasteiger partial charge in [-0.2, -0.15) is 0 Å². The minimum Gasteiger partial charge on any atom is -0.497 e. The topological polar surface area (TPSA) is 38.3 Å². The van der Waals surface area contributed by atoms with Crippen molar-refractivity contribution in [1.29, 1.82) is 0 Å². The van der Waals surface area contributed by atoms with Crippen LogP contribution < -0.4 is 10.1 Å². The molecule has 0 radical (unpaired) electrons. The van der Waals surface area contributed by atoms with E-state index in [9.17, 15) is 4.79 Å². The van der Waals surface area contributed by atoms with Gasteiger partial charge in [-0.25, -0.2) is 0 Å². The van der Waals surface area contributed by atoms with E-state index in [0.717, 1.165) is 27.8 Å². The maximum atomic E-state index is 11.5. The molecule has 0 spiro atoms. The first kappa shape index (κ1) is 11.8. The van der Waals surface area contributed by atoms with E-state index in [2.05, 4.69) is 17.4 Å². The molecule has 19 heavy (non-hydrogen) atoms. The lowest BCUT2D eigenvalue weighted by Gasteiger charge is -2.15. The predicted molar refractivity (Wildman–Crippen MR) is 76.1 cm³/mol. The summed E-state index contributed by atoms with van der Waals surface area (Å²) < 4.78 is 5.21. The predicted octanol–water partition coefficient (Wildman–Crippen LogP) is 2.75. The normalized spacial score (nSPS) is 15.0. The van der Waals surface area contributed by atoms with Crippen LogP contribution in [-0.2, 0) is 4.79 Å². The molecule has 1 N–H and O–H groups in total. The average Bonchev–Trinajstić information content (AvgIpc) is 2.46. The highest BCUT2D eigenvalue weighted by molar-refractivity contribution is 5.99. The van der Waals surface area contributed by atoms with Crippen molar-refractivity contribution in [3.8, 4) is 5.75 Å². The summed E-state index contributed by atoms with van der Waals surface area (Å²) in [6, 6.07) is 12.1. The van der Waals surface area contributed by atoms with Gasteiger partial charge in [0, 0.05) is 24.7 Å². The van der Waals surface area contributed by atoms with E-state index in [1.54, 1.807) is 13.2 Å². The summed E-state index contributed by atoms with van der Waals surface area (Å²) in [4.78, 5) is 11.5. The van der Waals surface area contributed by atoms with Crippen LogP contribution >= 0.6 is 0 Å². The van der Waals surface area contributed by atoms with E-state index in [-0.39, 0.29) is 5.78 Å². The summed E-state index contributed by atoms with van der Waals surface area (Å²) in [6.07, 6.45) is 2.27. The van der Waals surface area contributed by atoms with Gasteiger partial charge < -0.3 is 10.1 Å². The minimum atomic E-state index is 0.184. The second-order valence-electron chi connectivity index (χ2n) is 4.63. The molecule has 0 unspecified atom stereocenters. The lowest BCUT2D eigenvalue weighted by atomic mass is 10.0. The van der Waals surface area contributed by atoms with Gasteiger partial charge in [0.15, 0.2) is 5.78 Å². The van der Waals surface area contributed by atoms with Gasteiger partial charge in [0.25, 0.3) is 0 Å². The van der Waals surface area contributed by atoms with E-state index in [1.807, 2.05) is 24.3 Å². The number of benzene rings is 2. The maximum Gasteiger partial charge on any atom is 0.159 e.